The van der Waals surface area contributed by atoms with Crippen LogP contribution in [-0.4, -0.2) is 33.6 Å². The molecule has 3 aliphatic rings. The van der Waals surface area contributed by atoms with Gasteiger partial charge >= 0.3 is 0 Å². The summed E-state index contributed by atoms with van der Waals surface area (Å²) in [4.78, 5) is 0. The van der Waals surface area contributed by atoms with Crippen LogP contribution in [0.25, 0.3) is 0 Å². The molecule has 198 valence electrons. The largest absolute Gasteiger partial charge is 0.393 e. The van der Waals surface area contributed by atoms with Crippen LogP contribution >= 0.6 is 0 Å². The van der Waals surface area contributed by atoms with Crippen molar-refractivity contribution in [2.45, 2.75) is 138 Å². The SMILES string of the molecule is CC(C)[C@@H]1CC[C@@H](C)C[C@@H]1O.CC(C)[C@H]1CC[C@@H](C)C[C@@H]1O.CC(C)[C@H]1CC[C@@H](C)C[C@H]1O. The van der Waals surface area contributed by atoms with Crippen molar-refractivity contribution in [2.75, 3.05) is 0 Å². The molecule has 3 N–H and O–H groups in total. The van der Waals surface area contributed by atoms with E-state index in [0.717, 1.165) is 37.0 Å². The van der Waals surface area contributed by atoms with E-state index in [-0.39, 0.29) is 18.3 Å². The van der Waals surface area contributed by atoms with E-state index in [9.17, 15) is 15.3 Å². The Labute approximate surface area is 207 Å². The smallest absolute Gasteiger partial charge is 0.0573 e. The summed E-state index contributed by atoms with van der Waals surface area (Å²) < 4.78 is 0. The summed E-state index contributed by atoms with van der Waals surface area (Å²) in [6.45, 7) is 20.0. The Kier molecular flexibility index (Phi) is 14.1. The predicted octanol–water partition coefficient (Wildman–Crippen LogP) is 7.32. The highest BCUT2D eigenvalue weighted by Crippen LogP contribution is 2.34. The van der Waals surface area contributed by atoms with Crippen molar-refractivity contribution in [1.29, 1.82) is 0 Å². The van der Waals surface area contributed by atoms with E-state index in [0.29, 0.717) is 35.5 Å². The summed E-state index contributed by atoms with van der Waals surface area (Å²) in [5.74, 6) is 5.84. The molecule has 0 bridgehead atoms. The van der Waals surface area contributed by atoms with Crippen LogP contribution in [0.1, 0.15) is 120 Å². The molecule has 9 atom stereocenters. The molecule has 3 rings (SSSR count). The molecule has 3 aliphatic carbocycles. The second-order valence-electron chi connectivity index (χ2n) is 13.2. The van der Waals surface area contributed by atoms with Crippen molar-refractivity contribution >= 4 is 0 Å². The van der Waals surface area contributed by atoms with Crippen LogP contribution in [0.5, 0.6) is 0 Å². The molecule has 3 nitrogen and oxygen atoms in total. The molecule has 0 unspecified atom stereocenters. The van der Waals surface area contributed by atoms with Crippen LogP contribution in [0.2, 0.25) is 0 Å². The molecule has 0 saturated heterocycles. The molecule has 0 aromatic rings. The van der Waals surface area contributed by atoms with Crippen LogP contribution in [0.4, 0.5) is 0 Å². The zero-order valence-corrected chi connectivity index (χ0v) is 23.6. The normalized spacial score (nSPS) is 39.5. The van der Waals surface area contributed by atoms with Crippen LogP contribution in [0, 0.1) is 53.3 Å². The van der Waals surface area contributed by atoms with Gasteiger partial charge in [0, 0.05) is 0 Å². The third-order valence-corrected chi connectivity index (χ3v) is 8.96. The Bertz CT molecular complexity index is 431. The van der Waals surface area contributed by atoms with E-state index in [1.165, 1.54) is 38.5 Å². The Morgan fingerprint density at radius 1 is 0.424 bits per heavy atom. The van der Waals surface area contributed by atoms with Crippen molar-refractivity contribution in [3.8, 4) is 0 Å². The van der Waals surface area contributed by atoms with Crippen molar-refractivity contribution in [3.05, 3.63) is 0 Å². The van der Waals surface area contributed by atoms with Gasteiger partial charge in [-0.3, -0.25) is 0 Å². The fourth-order valence-electron chi connectivity index (χ4n) is 6.46. The molecule has 0 aromatic heterocycles. The summed E-state index contributed by atoms with van der Waals surface area (Å²) >= 11 is 0. The number of hydrogen-bond acceptors (Lipinski definition) is 3. The zero-order chi connectivity index (χ0) is 25.3. The van der Waals surface area contributed by atoms with Crippen molar-refractivity contribution in [3.63, 3.8) is 0 Å². The van der Waals surface area contributed by atoms with Gasteiger partial charge < -0.3 is 15.3 Å². The van der Waals surface area contributed by atoms with E-state index >= 15 is 0 Å². The fourth-order valence-corrected chi connectivity index (χ4v) is 6.46. The molecule has 0 heterocycles. The van der Waals surface area contributed by atoms with Gasteiger partial charge in [-0.25, -0.2) is 0 Å². The van der Waals surface area contributed by atoms with E-state index in [1.54, 1.807) is 0 Å². The molecule has 33 heavy (non-hydrogen) atoms. The summed E-state index contributed by atoms with van der Waals surface area (Å²) in [5, 5.41) is 29.1. The van der Waals surface area contributed by atoms with Crippen LogP contribution < -0.4 is 0 Å². The van der Waals surface area contributed by atoms with Crippen molar-refractivity contribution in [1.82, 2.24) is 0 Å². The van der Waals surface area contributed by atoms with Gasteiger partial charge in [-0.1, -0.05) is 81.6 Å². The molecular formula is C30H60O3. The first kappa shape index (κ1) is 30.9. The Morgan fingerprint density at radius 3 is 0.788 bits per heavy atom. The topological polar surface area (TPSA) is 60.7 Å². The minimum absolute atomic E-state index is 0.0289. The molecule has 3 heteroatoms. The first-order valence-electron chi connectivity index (χ1n) is 14.4. The molecule has 0 aromatic carbocycles. The number of rotatable bonds is 3. The minimum atomic E-state index is -0.0289. The van der Waals surface area contributed by atoms with Crippen molar-refractivity contribution in [2.24, 2.45) is 53.3 Å². The third-order valence-electron chi connectivity index (χ3n) is 8.96. The highest BCUT2D eigenvalue weighted by Gasteiger charge is 2.30. The summed E-state index contributed by atoms with van der Waals surface area (Å²) in [5.41, 5.74) is 0. The lowest BCUT2D eigenvalue weighted by atomic mass is 9.75. The van der Waals surface area contributed by atoms with E-state index in [1.807, 2.05) is 0 Å². The van der Waals surface area contributed by atoms with Gasteiger partial charge in [-0.2, -0.15) is 0 Å². The highest BCUT2D eigenvalue weighted by molar-refractivity contribution is 4.81. The van der Waals surface area contributed by atoms with E-state index in [2.05, 4.69) is 62.3 Å². The molecular weight excluding hydrogens is 408 g/mol. The Hall–Kier alpha value is -0.120. The quantitative estimate of drug-likeness (QED) is 0.406. The Morgan fingerprint density at radius 2 is 0.636 bits per heavy atom. The summed E-state index contributed by atoms with van der Waals surface area (Å²) in [7, 11) is 0. The predicted molar refractivity (Wildman–Crippen MR) is 142 cm³/mol. The molecule has 0 aliphatic heterocycles. The first-order valence-corrected chi connectivity index (χ1v) is 14.4. The second kappa shape index (κ2) is 15.1. The second-order valence-corrected chi connectivity index (χ2v) is 13.2. The lowest BCUT2D eigenvalue weighted by Crippen LogP contribution is -2.31. The molecule has 0 spiro atoms. The monoisotopic (exact) mass is 468 g/mol. The van der Waals surface area contributed by atoms with Gasteiger partial charge in [0.25, 0.3) is 0 Å². The van der Waals surface area contributed by atoms with E-state index in [4.69, 9.17) is 0 Å². The van der Waals surface area contributed by atoms with Crippen LogP contribution in [-0.2, 0) is 0 Å². The fraction of sp³-hybridized carbons (Fsp3) is 1.00. The number of aliphatic hydroxyl groups excluding tert-OH is 3. The maximum absolute atomic E-state index is 9.71. The van der Waals surface area contributed by atoms with Gasteiger partial charge in [-0.05, 0) is 91.8 Å². The lowest BCUT2D eigenvalue weighted by Gasteiger charge is -2.33. The lowest BCUT2D eigenvalue weighted by molar-refractivity contribution is 0.0263. The van der Waals surface area contributed by atoms with Crippen molar-refractivity contribution < 1.29 is 15.3 Å². The van der Waals surface area contributed by atoms with Gasteiger partial charge in [-0.15, -0.1) is 0 Å². The molecule has 0 radical (unpaired) electrons. The average Bonchev–Trinajstić information content (AvgIpc) is 2.68. The third kappa shape index (κ3) is 11.0. The van der Waals surface area contributed by atoms with Gasteiger partial charge in [0.1, 0.15) is 0 Å². The van der Waals surface area contributed by atoms with Crippen LogP contribution in [0.3, 0.4) is 0 Å². The Balaban J connectivity index is 0.000000247. The number of hydrogen-bond donors (Lipinski definition) is 3. The van der Waals surface area contributed by atoms with E-state index < -0.39 is 0 Å². The van der Waals surface area contributed by atoms with Gasteiger partial charge in [0.05, 0.1) is 18.3 Å². The first-order chi connectivity index (χ1) is 15.3. The zero-order valence-electron chi connectivity index (χ0n) is 23.6. The highest BCUT2D eigenvalue weighted by atomic mass is 16.3. The van der Waals surface area contributed by atoms with Gasteiger partial charge in [0.15, 0.2) is 0 Å². The average molecular weight is 469 g/mol. The maximum Gasteiger partial charge on any atom is 0.0573 e. The molecule has 0 amide bonds. The molecule has 3 saturated carbocycles. The minimum Gasteiger partial charge on any atom is -0.393 e. The van der Waals surface area contributed by atoms with Gasteiger partial charge in [0.2, 0.25) is 0 Å². The standard InChI is InChI=1S/3C10H20O/c3*1-7(2)9-5-4-8(3)6-10(9)11/h3*7-11H,4-6H2,1-3H3/t8-,9+,10+;8-,9-,10+;8-,9-,10-/m111/s1. The summed E-state index contributed by atoms with van der Waals surface area (Å²) in [6, 6.07) is 0. The number of aliphatic hydroxyl groups is 3. The molecule has 3 fully saturated rings. The van der Waals surface area contributed by atoms with Crippen LogP contribution in [0.15, 0.2) is 0 Å². The summed E-state index contributed by atoms with van der Waals surface area (Å²) in [6.07, 6.45) is 10.5. The maximum atomic E-state index is 9.71.